The Hall–Kier alpha value is -2.22. The molecule has 1 amide bonds. The minimum Gasteiger partial charge on any atom is -0.468 e. The lowest BCUT2D eigenvalue weighted by Gasteiger charge is -2.30. The minimum atomic E-state index is -0.0201. The SMILES string of the molecule is CCn1nnc(NC(=O)C2CCN(Cc3ccco3)CC2)n1. The predicted octanol–water partition coefficient (Wildman–Crippen LogP) is 1.14. The Bertz CT molecular complexity index is 601. The molecule has 0 aliphatic carbocycles. The Morgan fingerprint density at radius 1 is 1.45 bits per heavy atom. The van der Waals surface area contributed by atoms with Crippen LogP contribution in [-0.2, 0) is 17.9 Å². The van der Waals surface area contributed by atoms with Crippen LogP contribution in [0.4, 0.5) is 5.95 Å². The van der Waals surface area contributed by atoms with Gasteiger partial charge in [0.25, 0.3) is 5.95 Å². The fraction of sp³-hybridized carbons (Fsp3) is 0.571. The number of rotatable bonds is 5. The highest BCUT2D eigenvalue weighted by Crippen LogP contribution is 2.20. The number of amides is 1. The number of tetrazole rings is 1. The van der Waals surface area contributed by atoms with Crippen molar-refractivity contribution in [2.75, 3.05) is 18.4 Å². The maximum Gasteiger partial charge on any atom is 0.270 e. The van der Waals surface area contributed by atoms with E-state index in [4.69, 9.17) is 4.42 Å². The van der Waals surface area contributed by atoms with E-state index >= 15 is 0 Å². The molecule has 8 nitrogen and oxygen atoms in total. The van der Waals surface area contributed by atoms with Gasteiger partial charge in [0, 0.05) is 5.92 Å². The summed E-state index contributed by atoms with van der Waals surface area (Å²) >= 11 is 0. The molecular weight excluding hydrogens is 284 g/mol. The molecule has 3 rings (SSSR count). The topological polar surface area (TPSA) is 89.1 Å². The number of piperidine rings is 1. The summed E-state index contributed by atoms with van der Waals surface area (Å²) in [5.41, 5.74) is 0. The third kappa shape index (κ3) is 3.51. The minimum absolute atomic E-state index is 0.00132. The van der Waals surface area contributed by atoms with Gasteiger partial charge >= 0.3 is 0 Å². The monoisotopic (exact) mass is 304 g/mol. The first-order chi connectivity index (χ1) is 10.7. The average molecular weight is 304 g/mol. The van der Waals surface area contributed by atoms with Gasteiger partial charge in [0.15, 0.2) is 0 Å². The number of carbonyl (C=O) groups is 1. The van der Waals surface area contributed by atoms with Crippen molar-refractivity contribution in [3.63, 3.8) is 0 Å². The van der Waals surface area contributed by atoms with E-state index in [0.29, 0.717) is 6.54 Å². The Kier molecular flexibility index (Phi) is 4.47. The standard InChI is InChI=1S/C14H20N6O2/c1-2-20-17-14(16-18-20)15-13(21)11-5-7-19(8-6-11)10-12-4-3-9-22-12/h3-4,9,11H,2,5-8,10H2,1H3,(H,15,17,21). The summed E-state index contributed by atoms with van der Waals surface area (Å²) in [6, 6.07) is 3.87. The number of aromatic nitrogens is 4. The first-order valence-corrected chi connectivity index (χ1v) is 7.58. The third-order valence-corrected chi connectivity index (χ3v) is 3.89. The number of anilines is 1. The zero-order valence-electron chi connectivity index (χ0n) is 12.6. The van der Waals surface area contributed by atoms with Crippen molar-refractivity contribution in [2.45, 2.75) is 32.9 Å². The molecule has 1 N–H and O–H groups in total. The van der Waals surface area contributed by atoms with E-state index in [-0.39, 0.29) is 17.8 Å². The molecule has 118 valence electrons. The van der Waals surface area contributed by atoms with E-state index in [1.54, 1.807) is 6.26 Å². The number of nitrogens with zero attached hydrogens (tertiary/aromatic N) is 5. The average Bonchev–Trinajstić information content (AvgIpc) is 3.19. The lowest BCUT2D eigenvalue weighted by molar-refractivity contribution is -0.121. The molecule has 0 unspecified atom stereocenters. The van der Waals surface area contributed by atoms with Crippen LogP contribution in [0.5, 0.6) is 0 Å². The van der Waals surface area contributed by atoms with Crippen LogP contribution < -0.4 is 5.32 Å². The van der Waals surface area contributed by atoms with E-state index in [9.17, 15) is 4.79 Å². The summed E-state index contributed by atoms with van der Waals surface area (Å²) in [5, 5.41) is 14.5. The van der Waals surface area contributed by atoms with Crippen LogP contribution in [-0.4, -0.2) is 44.1 Å². The maximum absolute atomic E-state index is 12.2. The van der Waals surface area contributed by atoms with Crippen molar-refractivity contribution >= 4 is 11.9 Å². The lowest BCUT2D eigenvalue weighted by atomic mass is 9.96. The summed E-state index contributed by atoms with van der Waals surface area (Å²) in [5.74, 6) is 1.22. The largest absolute Gasteiger partial charge is 0.468 e. The molecular formula is C14H20N6O2. The van der Waals surface area contributed by atoms with Crippen LogP contribution in [0, 0.1) is 5.92 Å². The van der Waals surface area contributed by atoms with Gasteiger partial charge in [-0.2, -0.15) is 4.80 Å². The summed E-state index contributed by atoms with van der Waals surface area (Å²) < 4.78 is 5.36. The van der Waals surface area contributed by atoms with Crippen molar-refractivity contribution in [1.29, 1.82) is 0 Å². The molecule has 0 radical (unpaired) electrons. The maximum atomic E-state index is 12.2. The summed E-state index contributed by atoms with van der Waals surface area (Å²) in [7, 11) is 0. The van der Waals surface area contributed by atoms with Gasteiger partial charge in [0.05, 0.1) is 19.4 Å². The molecule has 1 fully saturated rings. The van der Waals surface area contributed by atoms with E-state index in [1.165, 1.54) is 4.80 Å². The molecule has 0 saturated carbocycles. The van der Waals surface area contributed by atoms with Crippen molar-refractivity contribution in [3.8, 4) is 0 Å². The predicted molar refractivity (Wildman–Crippen MR) is 78.8 cm³/mol. The molecule has 22 heavy (non-hydrogen) atoms. The number of carbonyl (C=O) groups excluding carboxylic acids is 1. The second kappa shape index (κ2) is 6.69. The number of hydrogen-bond acceptors (Lipinski definition) is 6. The quantitative estimate of drug-likeness (QED) is 0.891. The fourth-order valence-electron chi connectivity index (χ4n) is 2.62. The van der Waals surface area contributed by atoms with Crippen molar-refractivity contribution in [2.24, 2.45) is 5.92 Å². The number of hydrogen-bond donors (Lipinski definition) is 1. The normalized spacial score (nSPS) is 16.8. The zero-order valence-corrected chi connectivity index (χ0v) is 12.6. The van der Waals surface area contributed by atoms with E-state index in [1.807, 2.05) is 19.1 Å². The molecule has 1 aliphatic rings. The zero-order chi connectivity index (χ0) is 15.4. The van der Waals surface area contributed by atoms with Crippen molar-refractivity contribution in [1.82, 2.24) is 25.1 Å². The van der Waals surface area contributed by atoms with Crippen LogP contribution in [0.2, 0.25) is 0 Å². The van der Waals surface area contributed by atoms with E-state index < -0.39 is 0 Å². The fourth-order valence-corrected chi connectivity index (χ4v) is 2.62. The molecule has 0 bridgehead atoms. The second-order valence-electron chi connectivity index (χ2n) is 5.42. The molecule has 0 spiro atoms. The van der Waals surface area contributed by atoms with Crippen LogP contribution in [0.1, 0.15) is 25.5 Å². The first kappa shape index (κ1) is 14.7. The highest BCUT2D eigenvalue weighted by Gasteiger charge is 2.26. The molecule has 8 heteroatoms. The lowest BCUT2D eigenvalue weighted by Crippen LogP contribution is -2.37. The van der Waals surface area contributed by atoms with Crippen LogP contribution in [0.25, 0.3) is 0 Å². The number of aryl methyl sites for hydroxylation is 1. The highest BCUT2D eigenvalue weighted by molar-refractivity contribution is 5.90. The Morgan fingerprint density at radius 3 is 2.91 bits per heavy atom. The summed E-state index contributed by atoms with van der Waals surface area (Å²) in [6.45, 7) is 5.12. The Balaban J connectivity index is 1.47. The van der Waals surface area contributed by atoms with Gasteiger partial charge in [-0.15, -0.1) is 5.10 Å². The molecule has 2 aromatic heterocycles. The number of nitrogens with one attached hydrogen (secondary N) is 1. The Labute approximate surface area is 128 Å². The van der Waals surface area contributed by atoms with Gasteiger partial charge in [-0.1, -0.05) is 5.10 Å². The Morgan fingerprint density at radius 2 is 2.27 bits per heavy atom. The summed E-state index contributed by atoms with van der Waals surface area (Å²) in [6.07, 6.45) is 3.34. The van der Waals surface area contributed by atoms with Gasteiger partial charge in [0.2, 0.25) is 5.91 Å². The first-order valence-electron chi connectivity index (χ1n) is 7.58. The third-order valence-electron chi connectivity index (χ3n) is 3.89. The highest BCUT2D eigenvalue weighted by atomic mass is 16.3. The molecule has 2 aromatic rings. The number of furan rings is 1. The van der Waals surface area contributed by atoms with Gasteiger partial charge < -0.3 is 4.42 Å². The van der Waals surface area contributed by atoms with Crippen molar-refractivity contribution in [3.05, 3.63) is 24.2 Å². The molecule has 1 aliphatic heterocycles. The van der Waals surface area contributed by atoms with Crippen LogP contribution in [0.3, 0.4) is 0 Å². The van der Waals surface area contributed by atoms with Gasteiger partial charge in [-0.3, -0.25) is 15.0 Å². The van der Waals surface area contributed by atoms with Gasteiger partial charge in [-0.05, 0) is 50.2 Å². The van der Waals surface area contributed by atoms with Crippen molar-refractivity contribution < 1.29 is 9.21 Å². The molecule has 0 aromatic carbocycles. The smallest absolute Gasteiger partial charge is 0.270 e. The molecule has 0 atom stereocenters. The van der Waals surface area contributed by atoms with Crippen LogP contribution in [0.15, 0.2) is 22.8 Å². The molecule has 1 saturated heterocycles. The van der Waals surface area contributed by atoms with E-state index in [0.717, 1.165) is 38.2 Å². The molecule has 3 heterocycles. The van der Waals surface area contributed by atoms with E-state index in [2.05, 4.69) is 25.6 Å². The summed E-state index contributed by atoms with van der Waals surface area (Å²) in [4.78, 5) is 16.0. The van der Waals surface area contributed by atoms with Gasteiger partial charge in [-0.25, -0.2) is 0 Å². The number of likely N-dealkylation sites (tertiary alicyclic amines) is 1. The van der Waals surface area contributed by atoms with Gasteiger partial charge in [0.1, 0.15) is 5.76 Å². The van der Waals surface area contributed by atoms with Crippen LogP contribution >= 0.6 is 0 Å². The second-order valence-corrected chi connectivity index (χ2v) is 5.42.